The maximum absolute atomic E-state index is 13.7. The molecule has 0 radical (unpaired) electrons. The summed E-state index contributed by atoms with van der Waals surface area (Å²) < 4.78 is 26.1. The number of anilines is 1. The van der Waals surface area contributed by atoms with Gasteiger partial charge in [0.1, 0.15) is 18.4 Å². The molecule has 158 valence electrons. The number of aliphatic hydroxyl groups excluding tert-OH is 1. The maximum Gasteiger partial charge on any atom is 0.351 e. The largest absolute Gasteiger partial charge is 0.462 e. The number of esters is 1. The van der Waals surface area contributed by atoms with E-state index in [0.717, 1.165) is 36.4 Å². The Hall–Kier alpha value is -2.00. The molecule has 0 unspecified atom stereocenters. The summed E-state index contributed by atoms with van der Waals surface area (Å²) in [6, 6.07) is 0. The second-order valence-corrected chi connectivity index (χ2v) is 7.29. The van der Waals surface area contributed by atoms with Gasteiger partial charge in [-0.1, -0.05) is 33.6 Å². The number of rotatable bonds is 9. The molecule has 0 saturated carbocycles. The number of hydrogen-bond acceptors (Lipinski definition) is 7. The third kappa shape index (κ3) is 4.70. The molecule has 3 N–H and O–H groups in total. The first-order valence-corrected chi connectivity index (χ1v) is 9.84. The lowest BCUT2D eigenvalue weighted by molar-refractivity contribution is -0.171. The van der Waals surface area contributed by atoms with Gasteiger partial charge in [-0.15, -0.1) is 0 Å². The van der Waals surface area contributed by atoms with E-state index >= 15 is 0 Å². The molecule has 0 spiro atoms. The number of carbonyl (C=O) groups excluding carboxylic acids is 1. The zero-order chi connectivity index (χ0) is 20.9. The Morgan fingerprint density at radius 3 is 2.68 bits per heavy atom. The summed E-state index contributed by atoms with van der Waals surface area (Å²) in [6.07, 6.45) is 2.63. The number of carbonyl (C=O) groups is 1. The summed E-state index contributed by atoms with van der Waals surface area (Å²) in [6.45, 7) is 5.67. The minimum absolute atomic E-state index is 0.0453. The molecule has 0 aliphatic carbocycles. The van der Waals surface area contributed by atoms with Crippen molar-refractivity contribution in [1.82, 2.24) is 9.55 Å². The topological polar surface area (TPSA) is 117 Å². The minimum atomic E-state index is -1.17. The van der Waals surface area contributed by atoms with Crippen LogP contribution in [0.4, 0.5) is 10.2 Å². The predicted molar refractivity (Wildman–Crippen MR) is 101 cm³/mol. The van der Waals surface area contributed by atoms with E-state index in [2.05, 4.69) is 4.98 Å². The zero-order valence-electron chi connectivity index (χ0n) is 16.7. The summed E-state index contributed by atoms with van der Waals surface area (Å²) in [5.74, 6) is -1.84. The van der Waals surface area contributed by atoms with Crippen molar-refractivity contribution in [2.75, 3.05) is 12.3 Å². The Morgan fingerprint density at radius 1 is 1.46 bits per heavy atom. The number of aromatic nitrogens is 2. The first-order chi connectivity index (χ1) is 13.3. The molecule has 0 bridgehead atoms. The summed E-state index contributed by atoms with van der Waals surface area (Å²) in [4.78, 5) is 27.9. The van der Waals surface area contributed by atoms with Gasteiger partial charge < -0.3 is 20.3 Å². The molecule has 28 heavy (non-hydrogen) atoms. The monoisotopic (exact) mass is 399 g/mol. The highest BCUT2D eigenvalue weighted by atomic mass is 19.1. The molecule has 1 aliphatic rings. The van der Waals surface area contributed by atoms with Gasteiger partial charge in [0.05, 0.1) is 18.2 Å². The number of hydrogen-bond donors (Lipinski definition) is 2. The summed E-state index contributed by atoms with van der Waals surface area (Å²) in [5, 5.41) is 10.6. The van der Waals surface area contributed by atoms with E-state index in [-0.39, 0.29) is 24.9 Å². The van der Waals surface area contributed by atoms with Crippen molar-refractivity contribution >= 4 is 11.8 Å². The SMILES string of the molecule is CCCC(CCC)C(=O)OC[C@@]1(CC)O[C@@H](n2cc(F)c(N)nc2=O)C[C@@H]1O. The molecule has 1 aliphatic heterocycles. The van der Waals surface area contributed by atoms with Gasteiger partial charge in [0.25, 0.3) is 0 Å². The Bertz CT molecular complexity index is 735. The molecule has 1 aromatic rings. The van der Waals surface area contributed by atoms with E-state index in [0.29, 0.717) is 6.42 Å². The van der Waals surface area contributed by atoms with Crippen molar-refractivity contribution in [2.45, 2.75) is 77.2 Å². The summed E-state index contributed by atoms with van der Waals surface area (Å²) in [7, 11) is 0. The molecule has 8 nitrogen and oxygen atoms in total. The average Bonchev–Trinajstić information content (AvgIpc) is 2.99. The number of nitrogens with zero attached hydrogens (tertiary/aromatic N) is 2. The lowest BCUT2D eigenvalue weighted by Gasteiger charge is -2.31. The van der Waals surface area contributed by atoms with Crippen LogP contribution in [0.25, 0.3) is 0 Å². The van der Waals surface area contributed by atoms with Gasteiger partial charge in [0.2, 0.25) is 0 Å². The first kappa shape index (κ1) is 22.3. The van der Waals surface area contributed by atoms with Crippen LogP contribution in [0, 0.1) is 11.7 Å². The number of aliphatic hydroxyl groups is 1. The third-order valence-electron chi connectivity index (χ3n) is 5.31. The second kappa shape index (κ2) is 9.47. The Labute approximate surface area is 163 Å². The molecule has 2 rings (SSSR count). The van der Waals surface area contributed by atoms with Crippen LogP contribution >= 0.6 is 0 Å². The van der Waals surface area contributed by atoms with Crippen LogP contribution in [0.3, 0.4) is 0 Å². The fourth-order valence-electron chi connectivity index (χ4n) is 3.58. The molecule has 9 heteroatoms. The lowest BCUT2D eigenvalue weighted by atomic mass is 9.94. The number of halogens is 1. The van der Waals surface area contributed by atoms with Gasteiger partial charge in [-0.2, -0.15) is 4.98 Å². The van der Waals surface area contributed by atoms with Crippen LogP contribution in [0.5, 0.6) is 0 Å². The summed E-state index contributed by atoms with van der Waals surface area (Å²) >= 11 is 0. The number of nitrogen functional groups attached to an aromatic ring is 1. The molecule has 2 heterocycles. The van der Waals surface area contributed by atoms with E-state index in [4.69, 9.17) is 15.2 Å². The predicted octanol–water partition coefficient (Wildman–Crippen LogP) is 2.15. The molecule has 0 aromatic carbocycles. The van der Waals surface area contributed by atoms with Crippen LogP contribution in [0.2, 0.25) is 0 Å². The normalized spacial score (nSPS) is 24.6. The highest BCUT2D eigenvalue weighted by molar-refractivity contribution is 5.72. The minimum Gasteiger partial charge on any atom is -0.462 e. The van der Waals surface area contributed by atoms with Crippen LogP contribution in [-0.4, -0.2) is 38.9 Å². The maximum atomic E-state index is 13.7. The van der Waals surface area contributed by atoms with E-state index in [1.165, 1.54) is 0 Å². The van der Waals surface area contributed by atoms with Crippen molar-refractivity contribution in [3.05, 3.63) is 22.5 Å². The number of ether oxygens (including phenoxy) is 2. The van der Waals surface area contributed by atoms with Crippen molar-refractivity contribution in [2.24, 2.45) is 5.92 Å². The van der Waals surface area contributed by atoms with Crippen molar-refractivity contribution in [1.29, 1.82) is 0 Å². The van der Waals surface area contributed by atoms with Gasteiger partial charge in [-0.05, 0) is 19.3 Å². The lowest BCUT2D eigenvalue weighted by Crippen LogP contribution is -2.44. The van der Waals surface area contributed by atoms with E-state index in [9.17, 15) is 19.1 Å². The van der Waals surface area contributed by atoms with Crippen LogP contribution in [-0.2, 0) is 14.3 Å². The van der Waals surface area contributed by atoms with Crippen LogP contribution in [0.15, 0.2) is 11.0 Å². The quantitative estimate of drug-likeness (QED) is 0.611. The molecular formula is C19H30FN3O5. The van der Waals surface area contributed by atoms with Gasteiger partial charge >= 0.3 is 11.7 Å². The van der Waals surface area contributed by atoms with E-state index in [1.54, 1.807) is 6.92 Å². The average molecular weight is 399 g/mol. The van der Waals surface area contributed by atoms with Gasteiger partial charge in [-0.3, -0.25) is 9.36 Å². The Balaban J connectivity index is 2.13. The third-order valence-corrected chi connectivity index (χ3v) is 5.31. The Morgan fingerprint density at radius 2 is 2.11 bits per heavy atom. The van der Waals surface area contributed by atoms with Crippen molar-refractivity contribution < 1.29 is 23.8 Å². The second-order valence-electron chi connectivity index (χ2n) is 7.29. The smallest absolute Gasteiger partial charge is 0.351 e. The molecule has 1 fully saturated rings. The number of nitrogens with two attached hydrogens (primary N) is 1. The molecular weight excluding hydrogens is 369 g/mol. The van der Waals surface area contributed by atoms with E-state index < -0.39 is 35.3 Å². The van der Waals surface area contributed by atoms with Gasteiger partial charge in [0, 0.05) is 6.42 Å². The van der Waals surface area contributed by atoms with Gasteiger partial charge in [0.15, 0.2) is 11.6 Å². The fourth-order valence-corrected chi connectivity index (χ4v) is 3.58. The zero-order valence-corrected chi connectivity index (χ0v) is 16.7. The van der Waals surface area contributed by atoms with Gasteiger partial charge in [-0.25, -0.2) is 9.18 Å². The molecule has 1 aromatic heterocycles. The summed E-state index contributed by atoms with van der Waals surface area (Å²) in [5.41, 5.74) is 3.37. The highest BCUT2D eigenvalue weighted by Gasteiger charge is 2.49. The van der Waals surface area contributed by atoms with Crippen LogP contribution < -0.4 is 11.4 Å². The molecule has 0 amide bonds. The van der Waals surface area contributed by atoms with E-state index in [1.807, 2.05) is 13.8 Å². The first-order valence-electron chi connectivity index (χ1n) is 9.84. The Kier molecular flexibility index (Phi) is 7.54. The molecule has 1 saturated heterocycles. The highest BCUT2D eigenvalue weighted by Crippen LogP contribution is 2.39. The molecule has 3 atom stereocenters. The van der Waals surface area contributed by atoms with Crippen molar-refractivity contribution in [3.8, 4) is 0 Å². The standard InChI is InChI=1S/C19H30FN3O5/c1-4-7-12(8-5-2)17(25)27-11-19(6-3)14(24)9-15(28-19)23-10-13(20)16(21)22-18(23)26/h10,12,14-15,24H,4-9,11H2,1-3H3,(H2,21,22,26)/t14-,15+,19+/m0/s1. The fraction of sp³-hybridized carbons (Fsp3) is 0.737. The van der Waals surface area contributed by atoms with Crippen LogP contribution in [0.1, 0.15) is 65.5 Å². The van der Waals surface area contributed by atoms with Crippen molar-refractivity contribution in [3.63, 3.8) is 0 Å².